The van der Waals surface area contributed by atoms with Gasteiger partial charge in [-0.3, -0.25) is 4.79 Å². The molecule has 0 aromatic carbocycles. The van der Waals surface area contributed by atoms with Gasteiger partial charge in [0, 0.05) is 50.8 Å². The number of hydrogen-bond donors (Lipinski definition) is 1. The summed E-state index contributed by atoms with van der Waals surface area (Å²) in [6.07, 6.45) is 9.26. The summed E-state index contributed by atoms with van der Waals surface area (Å²) in [5.74, 6) is 3.09. The maximum absolute atomic E-state index is 12.6. The number of aryl methyl sites for hydroxylation is 1. The van der Waals surface area contributed by atoms with Crippen molar-refractivity contribution >= 4 is 5.91 Å². The van der Waals surface area contributed by atoms with Crippen LogP contribution in [-0.4, -0.2) is 53.2 Å². The largest absolute Gasteiger partial charge is 0.367 e. The van der Waals surface area contributed by atoms with Gasteiger partial charge in [0.1, 0.15) is 11.6 Å². The molecule has 136 valence electrons. The molecule has 0 radical (unpaired) electrons. The molecular weight excluding hydrogens is 330 g/mol. The van der Waals surface area contributed by atoms with E-state index in [0.29, 0.717) is 18.7 Å². The first kappa shape index (κ1) is 16.6. The molecule has 1 saturated heterocycles. The number of likely N-dealkylation sites (tertiary alicyclic amines) is 1. The predicted molar refractivity (Wildman–Crippen MR) is 95.7 cm³/mol. The van der Waals surface area contributed by atoms with Crippen LogP contribution in [0.15, 0.2) is 30.9 Å². The second-order valence-electron chi connectivity index (χ2n) is 6.83. The lowest BCUT2D eigenvalue weighted by molar-refractivity contribution is 0.0703. The van der Waals surface area contributed by atoms with Crippen molar-refractivity contribution in [3.8, 4) is 0 Å². The van der Waals surface area contributed by atoms with Crippen LogP contribution >= 0.6 is 0 Å². The fourth-order valence-corrected chi connectivity index (χ4v) is 3.60. The Balaban J connectivity index is 1.50. The molecule has 0 spiro atoms. The first-order valence-corrected chi connectivity index (χ1v) is 8.91. The highest BCUT2D eigenvalue weighted by Gasteiger charge is 2.29. The van der Waals surface area contributed by atoms with Gasteiger partial charge in [0.2, 0.25) is 0 Å². The summed E-state index contributed by atoms with van der Waals surface area (Å²) >= 11 is 0. The molecule has 3 aromatic rings. The maximum Gasteiger partial charge on any atom is 0.255 e. The minimum absolute atomic E-state index is 0.0763. The molecule has 4 heterocycles. The Labute approximate surface area is 151 Å². The quantitative estimate of drug-likeness (QED) is 0.774. The van der Waals surface area contributed by atoms with Gasteiger partial charge in [-0.2, -0.15) is 0 Å². The Kier molecular flexibility index (Phi) is 4.32. The number of aromatic amines is 1. The summed E-state index contributed by atoms with van der Waals surface area (Å²) in [6, 6.07) is 1.82. The second-order valence-corrected chi connectivity index (χ2v) is 6.83. The third-order valence-electron chi connectivity index (χ3n) is 5.15. The van der Waals surface area contributed by atoms with E-state index in [0.717, 1.165) is 36.9 Å². The van der Waals surface area contributed by atoms with E-state index in [-0.39, 0.29) is 11.8 Å². The maximum atomic E-state index is 12.6. The average molecular weight is 353 g/mol. The minimum atomic E-state index is 0.0763. The van der Waals surface area contributed by atoms with Crippen LogP contribution in [0.1, 0.15) is 46.6 Å². The Hall–Kier alpha value is -2.90. The van der Waals surface area contributed by atoms with Crippen LogP contribution in [0.2, 0.25) is 0 Å². The van der Waals surface area contributed by atoms with Crippen LogP contribution < -0.4 is 0 Å². The van der Waals surface area contributed by atoms with Crippen LogP contribution in [0.3, 0.4) is 0 Å². The fraction of sp³-hybridized carbons (Fsp3) is 0.444. The molecule has 1 fully saturated rings. The predicted octanol–water partition coefficient (Wildman–Crippen LogP) is 1.72. The Morgan fingerprint density at radius 3 is 3.00 bits per heavy atom. The van der Waals surface area contributed by atoms with Gasteiger partial charge >= 0.3 is 0 Å². The normalized spacial score (nSPS) is 17.6. The molecule has 8 nitrogen and oxygen atoms in total. The molecular formula is C18H23N7O. The smallest absolute Gasteiger partial charge is 0.255 e. The van der Waals surface area contributed by atoms with Gasteiger partial charge in [-0.05, 0) is 25.8 Å². The van der Waals surface area contributed by atoms with Gasteiger partial charge in [-0.15, -0.1) is 10.2 Å². The molecule has 1 atom stereocenters. The molecule has 1 amide bonds. The molecule has 0 aliphatic carbocycles. The van der Waals surface area contributed by atoms with Crippen molar-refractivity contribution in [2.75, 3.05) is 13.1 Å². The minimum Gasteiger partial charge on any atom is -0.367 e. The highest BCUT2D eigenvalue weighted by Crippen LogP contribution is 2.27. The van der Waals surface area contributed by atoms with E-state index < -0.39 is 0 Å². The molecule has 3 aromatic heterocycles. The monoisotopic (exact) mass is 353 g/mol. The van der Waals surface area contributed by atoms with Gasteiger partial charge in [0.15, 0.2) is 5.82 Å². The van der Waals surface area contributed by atoms with Crippen LogP contribution in [0.4, 0.5) is 0 Å². The molecule has 0 saturated carbocycles. The number of aromatic nitrogens is 6. The van der Waals surface area contributed by atoms with Crippen molar-refractivity contribution in [2.24, 2.45) is 7.05 Å². The number of carbonyl (C=O) groups is 1. The number of nitrogens with zero attached hydrogens (tertiary/aromatic N) is 6. The summed E-state index contributed by atoms with van der Waals surface area (Å²) in [7, 11) is 2.00. The van der Waals surface area contributed by atoms with Crippen molar-refractivity contribution in [3.05, 3.63) is 53.9 Å². The van der Waals surface area contributed by atoms with E-state index in [1.165, 1.54) is 0 Å². The van der Waals surface area contributed by atoms with E-state index >= 15 is 0 Å². The topological polar surface area (TPSA) is 84.6 Å². The molecule has 1 aliphatic heterocycles. The van der Waals surface area contributed by atoms with Crippen LogP contribution in [0.25, 0.3) is 0 Å². The van der Waals surface area contributed by atoms with Crippen molar-refractivity contribution in [3.63, 3.8) is 0 Å². The number of H-pyrrole nitrogens is 1. The van der Waals surface area contributed by atoms with Gasteiger partial charge in [-0.1, -0.05) is 0 Å². The lowest BCUT2D eigenvalue weighted by Crippen LogP contribution is -2.39. The molecule has 1 N–H and O–H groups in total. The van der Waals surface area contributed by atoms with Crippen molar-refractivity contribution in [2.45, 2.75) is 32.2 Å². The number of carbonyl (C=O) groups excluding carboxylic acids is 1. The summed E-state index contributed by atoms with van der Waals surface area (Å²) in [5.41, 5.74) is 0.708. The third-order valence-corrected chi connectivity index (χ3v) is 5.15. The van der Waals surface area contributed by atoms with E-state index in [1.54, 1.807) is 18.6 Å². The van der Waals surface area contributed by atoms with E-state index in [9.17, 15) is 4.79 Å². The summed E-state index contributed by atoms with van der Waals surface area (Å²) in [5, 5.41) is 8.82. The zero-order valence-electron chi connectivity index (χ0n) is 15.1. The highest BCUT2D eigenvalue weighted by molar-refractivity contribution is 5.94. The molecule has 0 unspecified atom stereocenters. The lowest BCUT2D eigenvalue weighted by Gasteiger charge is -2.32. The molecule has 4 rings (SSSR count). The van der Waals surface area contributed by atoms with Crippen molar-refractivity contribution < 1.29 is 4.79 Å². The lowest BCUT2D eigenvalue weighted by atomic mass is 9.96. The average Bonchev–Trinajstić information content (AvgIpc) is 3.39. The van der Waals surface area contributed by atoms with Crippen LogP contribution in [0, 0.1) is 6.92 Å². The molecule has 1 aliphatic rings. The van der Waals surface area contributed by atoms with Crippen molar-refractivity contribution in [1.82, 2.24) is 34.2 Å². The Morgan fingerprint density at radius 1 is 1.38 bits per heavy atom. The van der Waals surface area contributed by atoms with Crippen LogP contribution in [0.5, 0.6) is 0 Å². The number of nitrogens with one attached hydrogen (secondary N) is 1. The number of hydrogen-bond acceptors (Lipinski definition) is 4. The van der Waals surface area contributed by atoms with E-state index in [1.807, 2.05) is 31.1 Å². The second kappa shape index (κ2) is 6.78. The fourth-order valence-electron chi connectivity index (χ4n) is 3.60. The van der Waals surface area contributed by atoms with Crippen LogP contribution in [-0.2, 0) is 13.6 Å². The van der Waals surface area contributed by atoms with Crippen molar-refractivity contribution in [1.29, 1.82) is 0 Å². The highest BCUT2D eigenvalue weighted by atomic mass is 16.2. The van der Waals surface area contributed by atoms with Gasteiger partial charge in [-0.25, -0.2) is 4.98 Å². The molecule has 8 heteroatoms. The summed E-state index contributed by atoms with van der Waals surface area (Å²) in [4.78, 5) is 21.8. The number of rotatable bonds is 4. The van der Waals surface area contributed by atoms with E-state index in [4.69, 9.17) is 0 Å². The first-order valence-electron chi connectivity index (χ1n) is 8.91. The number of piperidine rings is 1. The standard InChI is InChI=1S/C18H23N7O/c1-13-20-7-9-24(13)12-16-21-22-17(23(16)2)15-4-3-8-25(11-15)18(26)14-5-6-19-10-14/h5-7,9-10,15,19H,3-4,8,11-12H2,1-2H3/t15-/m0/s1. The first-order chi connectivity index (χ1) is 12.6. The number of amides is 1. The van der Waals surface area contributed by atoms with Gasteiger partial charge in [0.05, 0.1) is 12.1 Å². The van der Waals surface area contributed by atoms with Gasteiger partial charge < -0.3 is 19.0 Å². The molecule has 0 bridgehead atoms. The Bertz CT molecular complexity index is 893. The van der Waals surface area contributed by atoms with E-state index in [2.05, 4.69) is 29.3 Å². The SMILES string of the molecule is Cc1nccn1Cc1nnc([C@H]2CCCN(C(=O)c3cc[nH]c3)C2)n1C. The zero-order valence-corrected chi connectivity index (χ0v) is 15.1. The molecule has 26 heavy (non-hydrogen) atoms. The zero-order chi connectivity index (χ0) is 18.1. The third kappa shape index (κ3) is 3.02. The summed E-state index contributed by atoms with van der Waals surface area (Å²) < 4.78 is 4.12. The Morgan fingerprint density at radius 2 is 2.27 bits per heavy atom. The summed E-state index contributed by atoms with van der Waals surface area (Å²) in [6.45, 7) is 4.09. The van der Waals surface area contributed by atoms with Gasteiger partial charge in [0.25, 0.3) is 5.91 Å². The number of imidazole rings is 1.